The second-order valence-corrected chi connectivity index (χ2v) is 12.5. The van der Waals surface area contributed by atoms with E-state index < -0.39 is 9.84 Å². The molecule has 0 saturated carbocycles. The topological polar surface area (TPSA) is 72.3 Å². The summed E-state index contributed by atoms with van der Waals surface area (Å²) in [4.78, 5) is 19.2. The molecule has 2 rings (SSSR count). The minimum atomic E-state index is -3.65. The van der Waals surface area contributed by atoms with Gasteiger partial charge in [-0.2, -0.15) is 0 Å². The van der Waals surface area contributed by atoms with Gasteiger partial charge in [-0.1, -0.05) is 58.9 Å². The number of amides is 1. The van der Waals surface area contributed by atoms with Crippen LogP contribution in [0.5, 0.6) is 0 Å². The molecule has 32 heavy (non-hydrogen) atoms. The number of rotatable bonds is 9. The van der Waals surface area contributed by atoms with Gasteiger partial charge in [-0.3, -0.25) is 4.79 Å². The minimum absolute atomic E-state index is 0.000671. The standard InChI is InChI=1S/C25H39N3O3S/c1-18(2)15-28-22(16-27(19(3)4)23(29)13-25(6,7)8)14-26-24(28)32(30,31)17-21-12-10-9-11-20(21)5/h9-12,14,18-19H,13,15-17H2,1-8H3. The van der Waals surface area contributed by atoms with E-state index in [1.807, 2.05) is 84.6 Å². The third-order valence-corrected chi connectivity index (χ3v) is 6.87. The molecule has 1 aromatic heterocycles. The van der Waals surface area contributed by atoms with Crippen molar-refractivity contribution in [1.82, 2.24) is 14.5 Å². The number of hydrogen-bond acceptors (Lipinski definition) is 4. The third kappa shape index (κ3) is 6.92. The highest BCUT2D eigenvalue weighted by atomic mass is 32.2. The maximum absolute atomic E-state index is 13.3. The maximum atomic E-state index is 13.3. The van der Waals surface area contributed by atoms with Gasteiger partial charge in [0.15, 0.2) is 0 Å². The van der Waals surface area contributed by atoms with E-state index >= 15 is 0 Å². The van der Waals surface area contributed by atoms with E-state index in [0.29, 0.717) is 19.5 Å². The second kappa shape index (κ2) is 10.2. The molecule has 7 heteroatoms. The van der Waals surface area contributed by atoms with Crippen molar-refractivity contribution in [1.29, 1.82) is 0 Å². The summed E-state index contributed by atoms with van der Waals surface area (Å²) < 4.78 is 28.5. The van der Waals surface area contributed by atoms with Crippen molar-refractivity contribution in [2.45, 2.75) is 91.9 Å². The summed E-state index contributed by atoms with van der Waals surface area (Å²) in [6.45, 7) is 17.0. The molecule has 0 saturated heterocycles. The van der Waals surface area contributed by atoms with Crippen molar-refractivity contribution >= 4 is 15.7 Å². The average molecular weight is 462 g/mol. The summed E-state index contributed by atoms with van der Waals surface area (Å²) >= 11 is 0. The van der Waals surface area contributed by atoms with Gasteiger partial charge in [-0.05, 0) is 43.2 Å². The molecule has 0 aliphatic carbocycles. The van der Waals surface area contributed by atoms with Crippen LogP contribution in [-0.4, -0.2) is 34.8 Å². The van der Waals surface area contributed by atoms with Crippen LogP contribution in [0, 0.1) is 18.3 Å². The van der Waals surface area contributed by atoms with Gasteiger partial charge in [0, 0.05) is 19.0 Å². The van der Waals surface area contributed by atoms with E-state index in [0.717, 1.165) is 16.8 Å². The lowest BCUT2D eigenvalue weighted by atomic mass is 9.91. The molecule has 2 aromatic rings. The number of hydrogen-bond donors (Lipinski definition) is 0. The smallest absolute Gasteiger partial charge is 0.228 e. The van der Waals surface area contributed by atoms with Crippen molar-refractivity contribution in [3.8, 4) is 0 Å². The SMILES string of the molecule is Cc1ccccc1CS(=O)(=O)c1ncc(CN(C(=O)CC(C)(C)C)C(C)C)n1CC(C)C. The Morgan fingerprint density at radius 1 is 1.12 bits per heavy atom. The summed E-state index contributed by atoms with van der Waals surface area (Å²) in [5.41, 5.74) is 2.34. The zero-order valence-corrected chi connectivity index (χ0v) is 21.7. The van der Waals surface area contributed by atoms with Gasteiger partial charge in [0.1, 0.15) is 0 Å². The van der Waals surface area contributed by atoms with E-state index in [9.17, 15) is 13.2 Å². The summed E-state index contributed by atoms with van der Waals surface area (Å²) in [5, 5.41) is 0.0800. The fraction of sp³-hybridized carbons (Fsp3) is 0.600. The van der Waals surface area contributed by atoms with Crippen molar-refractivity contribution in [3.05, 3.63) is 47.3 Å². The van der Waals surface area contributed by atoms with E-state index in [1.165, 1.54) is 0 Å². The van der Waals surface area contributed by atoms with Crippen LogP contribution in [0.15, 0.2) is 35.6 Å². The Balaban J connectivity index is 2.43. The molecule has 6 nitrogen and oxygen atoms in total. The molecule has 1 amide bonds. The van der Waals surface area contributed by atoms with Crippen LogP contribution in [0.25, 0.3) is 0 Å². The third-order valence-electron chi connectivity index (χ3n) is 5.29. The molecular weight excluding hydrogens is 422 g/mol. The molecule has 0 bridgehead atoms. The first-order valence-electron chi connectivity index (χ1n) is 11.3. The van der Waals surface area contributed by atoms with Crippen LogP contribution in [-0.2, 0) is 33.5 Å². The number of aromatic nitrogens is 2. The summed E-state index contributed by atoms with van der Waals surface area (Å²) in [5.74, 6) is 0.202. The predicted molar refractivity (Wildman–Crippen MR) is 129 cm³/mol. The Kier molecular flexibility index (Phi) is 8.32. The summed E-state index contributed by atoms with van der Waals surface area (Å²) in [6, 6.07) is 7.51. The van der Waals surface area contributed by atoms with E-state index in [2.05, 4.69) is 4.98 Å². The van der Waals surface area contributed by atoms with Gasteiger partial charge in [-0.15, -0.1) is 0 Å². The molecule has 0 aliphatic rings. The number of carbonyl (C=O) groups is 1. The van der Waals surface area contributed by atoms with Crippen LogP contribution in [0.4, 0.5) is 0 Å². The number of imidazole rings is 1. The molecule has 0 N–H and O–H groups in total. The first-order chi connectivity index (χ1) is 14.7. The first-order valence-corrected chi connectivity index (χ1v) is 13.0. The van der Waals surface area contributed by atoms with E-state index in [1.54, 1.807) is 10.8 Å². The Hall–Kier alpha value is -2.15. The van der Waals surface area contributed by atoms with Crippen LogP contribution >= 0.6 is 0 Å². The molecule has 178 valence electrons. The largest absolute Gasteiger partial charge is 0.334 e. The monoisotopic (exact) mass is 461 g/mol. The van der Waals surface area contributed by atoms with Crippen LogP contribution in [0.3, 0.4) is 0 Å². The van der Waals surface area contributed by atoms with Crippen molar-refractivity contribution in [2.75, 3.05) is 0 Å². The van der Waals surface area contributed by atoms with E-state index in [-0.39, 0.29) is 34.2 Å². The summed E-state index contributed by atoms with van der Waals surface area (Å²) in [6.07, 6.45) is 2.05. The number of nitrogens with zero attached hydrogens (tertiary/aromatic N) is 3. The van der Waals surface area contributed by atoms with Crippen LogP contribution in [0.1, 0.15) is 71.7 Å². The Bertz CT molecular complexity index is 1030. The van der Waals surface area contributed by atoms with Crippen molar-refractivity contribution in [2.24, 2.45) is 11.3 Å². The molecule has 0 fully saturated rings. The second-order valence-electron chi connectivity index (χ2n) is 10.6. The number of sulfone groups is 1. The average Bonchev–Trinajstić information content (AvgIpc) is 3.02. The highest BCUT2D eigenvalue weighted by Crippen LogP contribution is 2.24. The minimum Gasteiger partial charge on any atom is -0.334 e. The first kappa shape index (κ1) is 26.1. The predicted octanol–water partition coefficient (Wildman–Crippen LogP) is 4.99. The molecule has 1 aromatic carbocycles. The zero-order chi connectivity index (χ0) is 24.3. The Morgan fingerprint density at radius 3 is 2.28 bits per heavy atom. The molecular formula is C25H39N3O3S. The lowest BCUT2D eigenvalue weighted by molar-refractivity contribution is -0.135. The van der Waals surface area contributed by atoms with Crippen molar-refractivity contribution in [3.63, 3.8) is 0 Å². The van der Waals surface area contributed by atoms with Gasteiger partial charge in [0.25, 0.3) is 0 Å². The molecule has 0 aliphatic heterocycles. The molecule has 0 unspecified atom stereocenters. The van der Waals surface area contributed by atoms with Crippen LogP contribution in [0.2, 0.25) is 0 Å². The molecule has 0 atom stereocenters. The number of carbonyl (C=O) groups excluding carboxylic acids is 1. The van der Waals surface area contributed by atoms with E-state index in [4.69, 9.17) is 0 Å². The number of aryl methyl sites for hydroxylation is 1. The highest BCUT2D eigenvalue weighted by Gasteiger charge is 2.28. The lowest BCUT2D eigenvalue weighted by Crippen LogP contribution is -2.39. The molecule has 0 radical (unpaired) electrons. The fourth-order valence-electron chi connectivity index (χ4n) is 3.66. The quantitative estimate of drug-likeness (QED) is 0.527. The lowest BCUT2D eigenvalue weighted by Gasteiger charge is -2.30. The number of benzene rings is 1. The zero-order valence-electron chi connectivity index (χ0n) is 20.8. The van der Waals surface area contributed by atoms with Crippen LogP contribution < -0.4 is 0 Å². The van der Waals surface area contributed by atoms with Gasteiger partial charge in [-0.25, -0.2) is 13.4 Å². The van der Waals surface area contributed by atoms with Crippen molar-refractivity contribution < 1.29 is 13.2 Å². The maximum Gasteiger partial charge on any atom is 0.228 e. The van der Waals surface area contributed by atoms with Gasteiger partial charge >= 0.3 is 0 Å². The fourth-order valence-corrected chi connectivity index (χ4v) is 5.26. The highest BCUT2D eigenvalue weighted by molar-refractivity contribution is 7.90. The molecule has 1 heterocycles. The molecule has 0 spiro atoms. The summed E-state index contributed by atoms with van der Waals surface area (Å²) in [7, 11) is -3.65. The van der Waals surface area contributed by atoms with Gasteiger partial charge < -0.3 is 9.47 Å². The van der Waals surface area contributed by atoms with Gasteiger partial charge in [0.05, 0.1) is 24.2 Å². The Labute approximate surface area is 194 Å². The van der Waals surface area contributed by atoms with Gasteiger partial charge in [0.2, 0.25) is 20.9 Å². The normalized spacial score (nSPS) is 12.6. The Morgan fingerprint density at radius 2 is 1.75 bits per heavy atom.